The summed E-state index contributed by atoms with van der Waals surface area (Å²) in [6.07, 6.45) is 7.76. The minimum Gasteiger partial charge on any atom is -0.207 e. The predicted molar refractivity (Wildman–Crippen MR) is 116 cm³/mol. The molecule has 0 heterocycles. The summed E-state index contributed by atoms with van der Waals surface area (Å²) in [5, 5.41) is 2.65. The van der Waals surface area contributed by atoms with Crippen LogP contribution in [0.25, 0.3) is 10.8 Å². The highest BCUT2D eigenvalue weighted by molar-refractivity contribution is 5.88. The second-order valence-corrected chi connectivity index (χ2v) is 7.94. The van der Waals surface area contributed by atoms with Crippen LogP contribution in [-0.2, 0) is 0 Å². The molecule has 0 saturated heterocycles. The Morgan fingerprint density at radius 2 is 1.68 bits per heavy atom. The van der Waals surface area contributed by atoms with Crippen molar-refractivity contribution in [2.24, 2.45) is 5.92 Å². The summed E-state index contributed by atoms with van der Waals surface area (Å²) in [5.74, 6) is 7.80. The van der Waals surface area contributed by atoms with Gasteiger partial charge < -0.3 is 0 Å². The van der Waals surface area contributed by atoms with Crippen molar-refractivity contribution < 1.29 is 4.39 Å². The van der Waals surface area contributed by atoms with E-state index in [1.54, 1.807) is 12.1 Å². The number of fused-ring (bicyclic) bond motifs is 1. The van der Waals surface area contributed by atoms with E-state index in [2.05, 4.69) is 55.2 Å². The molecular formula is C27H27F. The Hall–Kier alpha value is -2.59. The molecular weight excluding hydrogens is 343 g/mol. The number of rotatable bonds is 3. The summed E-state index contributed by atoms with van der Waals surface area (Å²) in [7, 11) is 0. The molecule has 2 atom stereocenters. The van der Waals surface area contributed by atoms with Crippen LogP contribution in [0, 0.1) is 23.6 Å². The molecule has 28 heavy (non-hydrogen) atoms. The van der Waals surface area contributed by atoms with E-state index in [0.717, 1.165) is 17.0 Å². The second-order valence-electron chi connectivity index (χ2n) is 7.94. The molecule has 3 aromatic carbocycles. The molecule has 0 N–H and O–H groups in total. The molecule has 2 unspecified atom stereocenters. The zero-order chi connectivity index (χ0) is 19.3. The van der Waals surface area contributed by atoms with Crippen LogP contribution in [0.4, 0.5) is 4.39 Å². The van der Waals surface area contributed by atoms with Crippen molar-refractivity contribution in [1.29, 1.82) is 0 Å². The standard InChI is InChI=1S/C27H27F/c1-2-7-21-8-3-5-10-25(21)27-23(15-12-20-13-18-24(28)19-14-20)17-16-22-9-4-6-11-26(22)27/h4,6,9,11,13-14,16-19,21,25H,2-3,5,7-8,10H2,1H3. The monoisotopic (exact) mass is 370 g/mol. The van der Waals surface area contributed by atoms with Gasteiger partial charge in [0.05, 0.1) is 0 Å². The molecule has 1 heteroatoms. The molecule has 0 nitrogen and oxygen atoms in total. The molecule has 0 aromatic heterocycles. The Morgan fingerprint density at radius 3 is 2.50 bits per heavy atom. The van der Waals surface area contributed by atoms with Crippen molar-refractivity contribution in [3.8, 4) is 11.8 Å². The van der Waals surface area contributed by atoms with E-state index in [1.165, 1.54) is 67.0 Å². The van der Waals surface area contributed by atoms with Crippen LogP contribution >= 0.6 is 0 Å². The highest BCUT2D eigenvalue weighted by atomic mass is 19.1. The van der Waals surface area contributed by atoms with E-state index in [0.29, 0.717) is 5.92 Å². The molecule has 1 fully saturated rings. The summed E-state index contributed by atoms with van der Waals surface area (Å²) in [6.45, 7) is 2.30. The van der Waals surface area contributed by atoms with Gasteiger partial charge in [-0.25, -0.2) is 4.39 Å². The number of hydrogen-bond acceptors (Lipinski definition) is 0. The van der Waals surface area contributed by atoms with Crippen molar-refractivity contribution in [3.63, 3.8) is 0 Å². The Bertz CT molecular complexity index is 1000. The topological polar surface area (TPSA) is 0 Å². The van der Waals surface area contributed by atoms with E-state index in [-0.39, 0.29) is 5.82 Å². The minimum atomic E-state index is -0.221. The molecule has 0 bridgehead atoms. The molecule has 1 aliphatic rings. The van der Waals surface area contributed by atoms with E-state index < -0.39 is 0 Å². The highest BCUT2D eigenvalue weighted by Gasteiger charge is 2.28. The number of hydrogen-bond donors (Lipinski definition) is 0. The maximum absolute atomic E-state index is 13.2. The normalized spacial score (nSPS) is 19.2. The Kier molecular flexibility index (Phi) is 5.77. The summed E-state index contributed by atoms with van der Waals surface area (Å²) >= 11 is 0. The smallest absolute Gasteiger partial charge is 0.123 e. The average molecular weight is 371 g/mol. The minimum absolute atomic E-state index is 0.221. The molecule has 142 valence electrons. The van der Waals surface area contributed by atoms with E-state index >= 15 is 0 Å². The first-order valence-corrected chi connectivity index (χ1v) is 10.6. The average Bonchev–Trinajstić information content (AvgIpc) is 2.74. The molecule has 0 amide bonds. The van der Waals surface area contributed by atoms with Gasteiger partial charge >= 0.3 is 0 Å². The summed E-state index contributed by atoms with van der Waals surface area (Å²) in [6, 6.07) is 19.5. The predicted octanol–water partition coefficient (Wildman–Crippen LogP) is 7.45. The third kappa shape index (κ3) is 3.97. The number of halogens is 1. The lowest BCUT2D eigenvalue weighted by molar-refractivity contribution is 0.289. The van der Waals surface area contributed by atoms with Crippen molar-refractivity contribution in [3.05, 3.63) is 83.2 Å². The Morgan fingerprint density at radius 1 is 0.893 bits per heavy atom. The summed E-state index contributed by atoms with van der Waals surface area (Å²) in [5.41, 5.74) is 3.43. The van der Waals surface area contributed by atoms with Crippen LogP contribution in [-0.4, -0.2) is 0 Å². The van der Waals surface area contributed by atoms with Crippen LogP contribution in [0.5, 0.6) is 0 Å². The number of benzene rings is 3. The van der Waals surface area contributed by atoms with Crippen LogP contribution in [0.1, 0.15) is 68.1 Å². The van der Waals surface area contributed by atoms with Crippen LogP contribution in [0.15, 0.2) is 60.7 Å². The summed E-state index contributed by atoms with van der Waals surface area (Å²) in [4.78, 5) is 0. The SMILES string of the molecule is CCCC1CCCCC1c1c(C#Cc2ccc(F)cc2)ccc2ccccc12. The molecule has 4 rings (SSSR count). The Labute approximate surface area is 167 Å². The van der Waals surface area contributed by atoms with Gasteiger partial charge in [0.2, 0.25) is 0 Å². The van der Waals surface area contributed by atoms with Crippen molar-refractivity contribution in [2.45, 2.75) is 51.4 Å². The van der Waals surface area contributed by atoms with Gasteiger partial charge in [-0.15, -0.1) is 0 Å². The summed E-state index contributed by atoms with van der Waals surface area (Å²) < 4.78 is 13.2. The lowest BCUT2D eigenvalue weighted by Gasteiger charge is -2.33. The Balaban J connectivity index is 1.82. The van der Waals surface area contributed by atoms with Gasteiger partial charge in [0.1, 0.15) is 5.82 Å². The quantitative estimate of drug-likeness (QED) is 0.420. The van der Waals surface area contributed by atoms with Gasteiger partial charge in [0, 0.05) is 11.1 Å². The van der Waals surface area contributed by atoms with E-state index in [4.69, 9.17) is 0 Å². The molecule has 0 radical (unpaired) electrons. The lowest BCUT2D eigenvalue weighted by atomic mass is 9.71. The third-order valence-corrected chi connectivity index (χ3v) is 6.10. The third-order valence-electron chi connectivity index (χ3n) is 6.10. The maximum Gasteiger partial charge on any atom is 0.123 e. The second kappa shape index (κ2) is 8.61. The highest BCUT2D eigenvalue weighted by Crippen LogP contribution is 2.43. The fourth-order valence-electron chi connectivity index (χ4n) is 4.78. The molecule has 1 saturated carbocycles. The molecule has 0 aliphatic heterocycles. The zero-order valence-corrected chi connectivity index (χ0v) is 16.5. The van der Waals surface area contributed by atoms with Gasteiger partial charge in [-0.3, -0.25) is 0 Å². The van der Waals surface area contributed by atoms with Crippen molar-refractivity contribution in [1.82, 2.24) is 0 Å². The molecule has 1 aliphatic carbocycles. The maximum atomic E-state index is 13.2. The first-order valence-electron chi connectivity index (χ1n) is 10.6. The van der Waals surface area contributed by atoms with Gasteiger partial charge in [-0.2, -0.15) is 0 Å². The largest absolute Gasteiger partial charge is 0.207 e. The van der Waals surface area contributed by atoms with Gasteiger partial charge in [0.25, 0.3) is 0 Å². The van der Waals surface area contributed by atoms with Crippen molar-refractivity contribution in [2.75, 3.05) is 0 Å². The van der Waals surface area contributed by atoms with Crippen molar-refractivity contribution >= 4 is 10.8 Å². The fraction of sp³-hybridized carbons (Fsp3) is 0.333. The van der Waals surface area contributed by atoms with E-state index in [1.807, 2.05) is 0 Å². The lowest BCUT2D eigenvalue weighted by Crippen LogP contribution is -2.19. The molecule has 0 spiro atoms. The first kappa shape index (κ1) is 18.8. The van der Waals surface area contributed by atoms with Gasteiger partial charge in [-0.1, -0.05) is 74.8 Å². The van der Waals surface area contributed by atoms with Crippen LogP contribution < -0.4 is 0 Å². The fourth-order valence-corrected chi connectivity index (χ4v) is 4.78. The molecule has 3 aromatic rings. The van der Waals surface area contributed by atoms with E-state index in [9.17, 15) is 4.39 Å². The zero-order valence-electron chi connectivity index (χ0n) is 16.5. The van der Waals surface area contributed by atoms with Crippen LogP contribution in [0.2, 0.25) is 0 Å². The van der Waals surface area contributed by atoms with Gasteiger partial charge in [0.15, 0.2) is 0 Å². The first-order chi connectivity index (χ1) is 13.8. The van der Waals surface area contributed by atoms with Gasteiger partial charge in [-0.05, 0) is 71.3 Å². The van der Waals surface area contributed by atoms with Crippen LogP contribution in [0.3, 0.4) is 0 Å².